The zero-order chi connectivity index (χ0) is 10.3. The predicted molar refractivity (Wildman–Crippen MR) is 46.7 cm³/mol. The third-order valence-electron chi connectivity index (χ3n) is 1.12. The minimum atomic E-state index is -0.679. The molecule has 0 N–H and O–H groups in total. The summed E-state index contributed by atoms with van der Waals surface area (Å²) in [6.07, 6.45) is 2.34. The van der Waals surface area contributed by atoms with Gasteiger partial charge in [-0.15, -0.1) is 0 Å². The van der Waals surface area contributed by atoms with E-state index in [1.54, 1.807) is 13.8 Å². The lowest BCUT2D eigenvalue weighted by Crippen LogP contribution is -2.13. The van der Waals surface area contributed by atoms with Gasteiger partial charge in [-0.25, -0.2) is 9.59 Å². The summed E-state index contributed by atoms with van der Waals surface area (Å²) in [6.45, 7) is 6.68. The maximum Gasteiger partial charge on any atom is 0.374 e. The number of carbonyl (C=O) groups is 2. The maximum absolute atomic E-state index is 11.0. The summed E-state index contributed by atoms with van der Waals surface area (Å²) in [5.41, 5.74) is 0. The molecule has 0 unspecified atom stereocenters. The molecule has 0 aliphatic rings. The molecule has 0 heterocycles. The van der Waals surface area contributed by atoms with Crippen molar-refractivity contribution in [2.24, 2.45) is 0 Å². The van der Waals surface area contributed by atoms with Crippen molar-refractivity contribution in [3.05, 3.63) is 24.5 Å². The molecule has 0 aliphatic carbocycles. The first-order valence-corrected chi connectivity index (χ1v) is 3.83. The first-order chi connectivity index (χ1) is 6.15. The summed E-state index contributed by atoms with van der Waals surface area (Å²) in [7, 11) is 0. The van der Waals surface area contributed by atoms with Gasteiger partial charge >= 0.3 is 11.9 Å². The van der Waals surface area contributed by atoms with Gasteiger partial charge in [-0.2, -0.15) is 0 Å². The van der Waals surface area contributed by atoms with E-state index in [-0.39, 0.29) is 12.4 Å². The van der Waals surface area contributed by atoms with Crippen LogP contribution in [0.5, 0.6) is 0 Å². The van der Waals surface area contributed by atoms with Gasteiger partial charge in [0.2, 0.25) is 5.76 Å². The largest absolute Gasteiger partial charge is 0.460 e. The molecule has 0 aromatic heterocycles. The molecule has 0 spiro atoms. The number of rotatable bonds is 4. The second-order valence-corrected chi connectivity index (χ2v) is 2.00. The van der Waals surface area contributed by atoms with E-state index in [1.165, 1.54) is 6.08 Å². The Hall–Kier alpha value is -1.58. The molecule has 0 radical (unpaired) electrons. The standard InChI is InChI=1S/C9H12O4/c1-4-7(9(11)12-6-3)13-8(10)5-2/h4-5H,2,6H2,1,3H3/b7-4+. The number of hydrogen-bond donors (Lipinski definition) is 0. The van der Waals surface area contributed by atoms with Gasteiger partial charge in [0, 0.05) is 6.08 Å². The Morgan fingerprint density at radius 3 is 2.46 bits per heavy atom. The molecule has 0 rings (SSSR count). The van der Waals surface area contributed by atoms with Crippen LogP contribution in [-0.4, -0.2) is 18.5 Å². The summed E-state index contributed by atoms with van der Waals surface area (Å²) in [5.74, 6) is -1.45. The molecule has 0 fully saturated rings. The normalized spacial score (nSPS) is 10.5. The van der Waals surface area contributed by atoms with Gasteiger partial charge in [0.1, 0.15) is 0 Å². The maximum atomic E-state index is 11.0. The Bertz CT molecular complexity index is 240. The second kappa shape index (κ2) is 5.99. The van der Waals surface area contributed by atoms with Crippen molar-refractivity contribution in [1.29, 1.82) is 0 Å². The molecule has 0 bridgehead atoms. The fourth-order valence-corrected chi connectivity index (χ4v) is 0.571. The van der Waals surface area contributed by atoms with Gasteiger partial charge < -0.3 is 9.47 Å². The number of ether oxygens (including phenoxy) is 2. The summed E-state index contributed by atoms with van der Waals surface area (Å²) >= 11 is 0. The zero-order valence-corrected chi connectivity index (χ0v) is 7.70. The predicted octanol–water partition coefficient (Wildman–Crippen LogP) is 1.18. The van der Waals surface area contributed by atoms with Crippen molar-refractivity contribution < 1.29 is 19.1 Å². The lowest BCUT2D eigenvalue weighted by molar-refractivity contribution is -0.148. The molecule has 0 saturated heterocycles. The van der Waals surface area contributed by atoms with Gasteiger partial charge in [-0.1, -0.05) is 6.58 Å². The highest BCUT2D eigenvalue weighted by molar-refractivity contribution is 5.92. The van der Waals surface area contributed by atoms with Crippen molar-refractivity contribution in [3.8, 4) is 0 Å². The smallest absolute Gasteiger partial charge is 0.374 e. The lowest BCUT2D eigenvalue weighted by Gasteiger charge is -2.04. The van der Waals surface area contributed by atoms with Crippen LogP contribution in [0, 0.1) is 0 Å². The molecule has 13 heavy (non-hydrogen) atoms. The van der Waals surface area contributed by atoms with Gasteiger partial charge in [-0.05, 0) is 19.9 Å². The quantitative estimate of drug-likeness (QED) is 0.374. The molecule has 0 saturated carbocycles. The summed E-state index contributed by atoms with van der Waals surface area (Å²) in [5, 5.41) is 0. The van der Waals surface area contributed by atoms with E-state index in [0.29, 0.717) is 0 Å². The average Bonchev–Trinajstić information content (AvgIpc) is 2.14. The van der Waals surface area contributed by atoms with Crippen LogP contribution in [0.25, 0.3) is 0 Å². The van der Waals surface area contributed by atoms with Crippen LogP contribution in [-0.2, 0) is 19.1 Å². The second-order valence-electron chi connectivity index (χ2n) is 2.00. The first kappa shape index (κ1) is 11.4. The SMILES string of the molecule is C=CC(=O)O/C(=C/C)C(=O)OCC. The molecule has 0 aromatic carbocycles. The Kier molecular flexibility index (Phi) is 5.27. The van der Waals surface area contributed by atoms with Crippen LogP contribution in [0.1, 0.15) is 13.8 Å². The summed E-state index contributed by atoms with van der Waals surface area (Å²) in [4.78, 5) is 21.7. The molecule has 0 aliphatic heterocycles. The van der Waals surface area contributed by atoms with Crippen LogP contribution in [0.15, 0.2) is 24.5 Å². The van der Waals surface area contributed by atoms with Crippen molar-refractivity contribution in [2.75, 3.05) is 6.61 Å². The summed E-state index contributed by atoms with van der Waals surface area (Å²) in [6, 6.07) is 0. The van der Waals surface area contributed by atoms with E-state index < -0.39 is 11.9 Å². The molecule has 0 aromatic rings. The average molecular weight is 184 g/mol. The van der Waals surface area contributed by atoms with Crippen LogP contribution in [0.4, 0.5) is 0 Å². The van der Waals surface area contributed by atoms with Crippen LogP contribution in [0.3, 0.4) is 0 Å². The number of allylic oxidation sites excluding steroid dienone is 1. The third kappa shape index (κ3) is 4.10. The Labute approximate surface area is 76.8 Å². The highest BCUT2D eigenvalue weighted by Crippen LogP contribution is 2.01. The van der Waals surface area contributed by atoms with Crippen molar-refractivity contribution in [1.82, 2.24) is 0 Å². The number of esters is 2. The zero-order valence-electron chi connectivity index (χ0n) is 7.70. The highest BCUT2D eigenvalue weighted by Gasteiger charge is 2.13. The van der Waals surface area contributed by atoms with E-state index in [2.05, 4.69) is 16.1 Å². The summed E-state index contributed by atoms with van der Waals surface area (Å²) < 4.78 is 9.21. The molecule has 4 heteroatoms. The molecule has 4 nitrogen and oxygen atoms in total. The van der Waals surface area contributed by atoms with Crippen LogP contribution in [0.2, 0.25) is 0 Å². The van der Waals surface area contributed by atoms with E-state index in [4.69, 9.17) is 0 Å². The fourth-order valence-electron chi connectivity index (χ4n) is 0.571. The Balaban J connectivity index is 4.28. The van der Waals surface area contributed by atoms with Crippen LogP contribution < -0.4 is 0 Å². The molecular weight excluding hydrogens is 172 g/mol. The Morgan fingerprint density at radius 1 is 1.46 bits per heavy atom. The lowest BCUT2D eigenvalue weighted by atomic mass is 10.4. The third-order valence-corrected chi connectivity index (χ3v) is 1.12. The minimum absolute atomic E-state index is 0.119. The topological polar surface area (TPSA) is 52.6 Å². The number of hydrogen-bond acceptors (Lipinski definition) is 4. The minimum Gasteiger partial charge on any atom is -0.460 e. The van der Waals surface area contributed by atoms with Gasteiger partial charge in [0.15, 0.2) is 0 Å². The Morgan fingerprint density at radius 2 is 2.08 bits per heavy atom. The molecule has 0 atom stereocenters. The van der Waals surface area contributed by atoms with Gasteiger partial charge in [-0.3, -0.25) is 0 Å². The van der Waals surface area contributed by atoms with E-state index >= 15 is 0 Å². The highest BCUT2D eigenvalue weighted by atomic mass is 16.6. The molecule has 72 valence electrons. The van der Waals surface area contributed by atoms with E-state index in [0.717, 1.165) is 6.08 Å². The monoisotopic (exact) mass is 184 g/mol. The molecular formula is C9H12O4. The van der Waals surface area contributed by atoms with Crippen molar-refractivity contribution >= 4 is 11.9 Å². The van der Waals surface area contributed by atoms with Crippen LogP contribution >= 0.6 is 0 Å². The van der Waals surface area contributed by atoms with Gasteiger partial charge in [0.05, 0.1) is 6.61 Å². The molecule has 0 amide bonds. The number of carbonyl (C=O) groups excluding carboxylic acids is 2. The van der Waals surface area contributed by atoms with Crippen molar-refractivity contribution in [2.45, 2.75) is 13.8 Å². The van der Waals surface area contributed by atoms with E-state index in [9.17, 15) is 9.59 Å². The van der Waals surface area contributed by atoms with Crippen molar-refractivity contribution in [3.63, 3.8) is 0 Å². The van der Waals surface area contributed by atoms with Gasteiger partial charge in [0.25, 0.3) is 0 Å². The fraction of sp³-hybridized carbons (Fsp3) is 0.333. The van der Waals surface area contributed by atoms with E-state index in [1.807, 2.05) is 0 Å². The first-order valence-electron chi connectivity index (χ1n) is 3.83.